The number of benzene rings is 2. The molecular formula is C15H10Cl2FN3. The summed E-state index contributed by atoms with van der Waals surface area (Å²) in [6, 6.07) is 7.90. The Bertz CT molecular complexity index is 865. The van der Waals surface area contributed by atoms with E-state index in [1.54, 1.807) is 31.2 Å². The van der Waals surface area contributed by atoms with E-state index in [2.05, 4.69) is 9.97 Å². The van der Waals surface area contributed by atoms with Gasteiger partial charge in [-0.05, 0) is 42.8 Å². The maximum Gasteiger partial charge on any atom is 0.162 e. The summed E-state index contributed by atoms with van der Waals surface area (Å²) in [6.07, 6.45) is 0. The lowest BCUT2D eigenvalue weighted by Crippen LogP contribution is -1.99. The van der Waals surface area contributed by atoms with Gasteiger partial charge in [0.2, 0.25) is 0 Å². The predicted octanol–water partition coefficient (Wildman–Crippen LogP) is 4.63. The highest BCUT2D eigenvalue weighted by atomic mass is 35.5. The van der Waals surface area contributed by atoms with Crippen LogP contribution in [0.25, 0.3) is 22.3 Å². The summed E-state index contributed by atoms with van der Waals surface area (Å²) in [6.45, 7) is 1.68. The van der Waals surface area contributed by atoms with Crippen LogP contribution in [-0.4, -0.2) is 9.97 Å². The molecule has 0 unspecified atom stereocenters. The summed E-state index contributed by atoms with van der Waals surface area (Å²) in [5, 5.41) is 1.45. The van der Waals surface area contributed by atoms with Crippen molar-refractivity contribution in [2.45, 2.75) is 6.92 Å². The molecule has 3 nitrogen and oxygen atoms in total. The van der Waals surface area contributed by atoms with Crippen LogP contribution >= 0.6 is 23.2 Å². The van der Waals surface area contributed by atoms with Crippen LogP contribution in [0, 0.1) is 12.7 Å². The van der Waals surface area contributed by atoms with E-state index in [0.717, 1.165) is 0 Å². The quantitative estimate of drug-likeness (QED) is 0.710. The summed E-state index contributed by atoms with van der Waals surface area (Å²) in [5.41, 5.74) is 7.66. The molecule has 0 bridgehead atoms. The van der Waals surface area contributed by atoms with Gasteiger partial charge in [-0.15, -0.1) is 0 Å². The van der Waals surface area contributed by atoms with Gasteiger partial charge in [-0.1, -0.05) is 23.2 Å². The lowest BCUT2D eigenvalue weighted by atomic mass is 10.1. The van der Waals surface area contributed by atoms with Crippen molar-refractivity contribution in [1.82, 2.24) is 9.97 Å². The van der Waals surface area contributed by atoms with E-state index < -0.39 is 0 Å². The summed E-state index contributed by atoms with van der Waals surface area (Å²) < 4.78 is 13.4. The van der Waals surface area contributed by atoms with E-state index in [-0.39, 0.29) is 11.6 Å². The van der Waals surface area contributed by atoms with E-state index in [1.165, 1.54) is 6.07 Å². The fourth-order valence-electron chi connectivity index (χ4n) is 2.09. The number of aromatic nitrogens is 2. The molecule has 0 amide bonds. The standard InChI is InChI=1S/C15H10Cl2FN3/c1-7-4-8(2-3-12(7)18)15-20-13-10(14(19)21-15)5-9(16)6-11(13)17/h2-6H,1H3,(H2,19,20,21). The smallest absolute Gasteiger partial charge is 0.162 e. The number of nitrogens with two attached hydrogens (primary N) is 1. The number of anilines is 1. The number of nitrogen functional groups attached to an aromatic ring is 1. The lowest BCUT2D eigenvalue weighted by Gasteiger charge is -2.08. The average molecular weight is 322 g/mol. The summed E-state index contributed by atoms with van der Waals surface area (Å²) >= 11 is 12.1. The second-order valence-electron chi connectivity index (χ2n) is 4.68. The molecule has 3 aromatic rings. The molecule has 0 radical (unpaired) electrons. The third-order valence-corrected chi connectivity index (χ3v) is 3.67. The second-order valence-corrected chi connectivity index (χ2v) is 5.52. The molecule has 0 aliphatic rings. The fourth-order valence-corrected chi connectivity index (χ4v) is 2.63. The maximum atomic E-state index is 13.4. The average Bonchev–Trinajstić information content (AvgIpc) is 2.43. The minimum atomic E-state index is -0.280. The molecule has 106 valence electrons. The topological polar surface area (TPSA) is 51.8 Å². The van der Waals surface area contributed by atoms with Gasteiger partial charge in [0, 0.05) is 16.0 Å². The number of halogens is 3. The second kappa shape index (κ2) is 5.13. The van der Waals surface area contributed by atoms with Gasteiger partial charge in [-0.2, -0.15) is 0 Å². The van der Waals surface area contributed by atoms with Crippen molar-refractivity contribution in [2.24, 2.45) is 0 Å². The molecule has 1 aromatic heterocycles. The zero-order valence-electron chi connectivity index (χ0n) is 11.0. The van der Waals surface area contributed by atoms with Gasteiger partial charge in [-0.3, -0.25) is 0 Å². The van der Waals surface area contributed by atoms with Crippen molar-refractivity contribution in [3.05, 3.63) is 51.8 Å². The molecule has 0 atom stereocenters. The van der Waals surface area contributed by atoms with Crippen LogP contribution in [0.4, 0.5) is 10.2 Å². The van der Waals surface area contributed by atoms with Crippen molar-refractivity contribution in [1.29, 1.82) is 0 Å². The van der Waals surface area contributed by atoms with Crippen LogP contribution in [0.2, 0.25) is 10.0 Å². The molecule has 0 saturated heterocycles. The minimum Gasteiger partial charge on any atom is -0.383 e. The monoisotopic (exact) mass is 321 g/mol. The normalized spacial score (nSPS) is 11.0. The number of fused-ring (bicyclic) bond motifs is 1. The molecule has 2 aromatic carbocycles. The van der Waals surface area contributed by atoms with Gasteiger partial charge in [-0.25, -0.2) is 14.4 Å². The van der Waals surface area contributed by atoms with Crippen LogP contribution in [0.3, 0.4) is 0 Å². The maximum absolute atomic E-state index is 13.4. The number of rotatable bonds is 1. The number of nitrogens with zero attached hydrogens (tertiary/aromatic N) is 2. The van der Waals surface area contributed by atoms with Crippen molar-refractivity contribution in [3.63, 3.8) is 0 Å². The van der Waals surface area contributed by atoms with Crippen molar-refractivity contribution in [3.8, 4) is 11.4 Å². The molecule has 1 heterocycles. The first kappa shape index (κ1) is 14.0. The molecule has 0 saturated carbocycles. The number of aryl methyl sites for hydroxylation is 1. The molecule has 21 heavy (non-hydrogen) atoms. The highest BCUT2D eigenvalue weighted by Crippen LogP contribution is 2.31. The van der Waals surface area contributed by atoms with Gasteiger partial charge >= 0.3 is 0 Å². The third kappa shape index (κ3) is 2.52. The van der Waals surface area contributed by atoms with Gasteiger partial charge in [0.15, 0.2) is 5.82 Å². The highest BCUT2D eigenvalue weighted by Gasteiger charge is 2.12. The van der Waals surface area contributed by atoms with Crippen LogP contribution in [-0.2, 0) is 0 Å². The minimum absolute atomic E-state index is 0.279. The third-order valence-electron chi connectivity index (χ3n) is 3.16. The van der Waals surface area contributed by atoms with Crippen LogP contribution < -0.4 is 5.73 Å². The first-order chi connectivity index (χ1) is 9.95. The number of hydrogen-bond acceptors (Lipinski definition) is 3. The van der Waals surface area contributed by atoms with Gasteiger partial charge in [0.1, 0.15) is 11.6 Å². The highest BCUT2D eigenvalue weighted by molar-refractivity contribution is 6.38. The lowest BCUT2D eigenvalue weighted by molar-refractivity contribution is 0.618. The van der Waals surface area contributed by atoms with E-state index in [0.29, 0.717) is 37.9 Å². The van der Waals surface area contributed by atoms with E-state index in [1.807, 2.05) is 0 Å². The first-order valence-corrected chi connectivity index (χ1v) is 6.90. The fraction of sp³-hybridized carbons (Fsp3) is 0.0667. The van der Waals surface area contributed by atoms with Gasteiger partial charge in [0.05, 0.1) is 10.5 Å². The van der Waals surface area contributed by atoms with Crippen LogP contribution in [0.5, 0.6) is 0 Å². The summed E-state index contributed by atoms with van der Waals surface area (Å²) in [7, 11) is 0. The molecule has 0 aliphatic heterocycles. The Morgan fingerprint density at radius 3 is 2.57 bits per heavy atom. The molecule has 0 aliphatic carbocycles. The molecule has 3 rings (SSSR count). The Labute approximate surface area is 130 Å². The van der Waals surface area contributed by atoms with Crippen molar-refractivity contribution >= 4 is 39.9 Å². The largest absolute Gasteiger partial charge is 0.383 e. The molecular weight excluding hydrogens is 312 g/mol. The first-order valence-electron chi connectivity index (χ1n) is 6.14. The molecule has 0 fully saturated rings. The van der Waals surface area contributed by atoms with E-state index in [4.69, 9.17) is 28.9 Å². The Morgan fingerprint density at radius 2 is 1.86 bits per heavy atom. The predicted molar refractivity (Wildman–Crippen MR) is 84.1 cm³/mol. The Hall–Kier alpha value is -1.91. The number of hydrogen-bond donors (Lipinski definition) is 1. The van der Waals surface area contributed by atoms with E-state index >= 15 is 0 Å². The Morgan fingerprint density at radius 1 is 1.10 bits per heavy atom. The zero-order chi connectivity index (χ0) is 15.1. The van der Waals surface area contributed by atoms with Gasteiger partial charge < -0.3 is 5.73 Å². The zero-order valence-corrected chi connectivity index (χ0v) is 12.5. The Balaban J connectivity index is 2.27. The van der Waals surface area contributed by atoms with Gasteiger partial charge in [0.25, 0.3) is 0 Å². The van der Waals surface area contributed by atoms with Crippen molar-refractivity contribution < 1.29 is 4.39 Å². The summed E-state index contributed by atoms with van der Waals surface area (Å²) in [4.78, 5) is 8.67. The molecule has 6 heteroatoms. The Kier molecular flexibility index (Phi) is 3.43. The molecule has 2 N–H and O–H groups in total. The summed E-state index contributed by atoms with van der Waals surface area (Å²) in [5.74, 6) is 0.394. The van der Waals surface area contributed by atoms with Crippen molar-refractivity contribution in [2.75, 3.05) is 5.73 Å². The van der Waals surface area contributed by atoms with Crippen LogP contribution in [0.15, 0.2) is 30.3 Å². The van der Waals surface area contributed by atoms with Crippen LogP contribution in [0.1, 0.15) is 5.56 Å². The molecule has 0 spiro atoms. The van der Waals surface area contributed by atoms with E-state index in [9.17, 15) is 4.39 Å². The SMILES string of the molecule is Cc1cc(-c2nc(N)c3cc(Cl)cc(Cl)c3n2)ccc1F.